The highest BCUT2D eigenvalue weighted by Gasteiger charge is 2.26. The first-order chi connectivity index (χ1) is 15.7. The molecule has 0 spiro atoms. The van der Waals surface area contributed by atoms with Crippen molar-refractivity contribution in [2.45, 2.75) is 18.9 Å². The molecule has 0 aliphatic carbocycles. The van der Waals surface area contributed by atoms with E-state index < -0.39 is 0 Å². The van der Waals surface area contributed by atoms with Gasteiger partial charge in [-0.3, -0.25) is 9.89 Å². The molecule has 1 atom stereocenters. The summed E-state index contributed by atoms with van der Waals surface area (Å²) in [4.78, 5) is 15.5. The van der Waals surface area contributed by atoms with Crippen molar-refractivity contribution >= 4 is 41.4 Å². The number of anilines is 2. The molecule has 2 aromatic rings. The van der Waals surface area contributed by atoms with Gasteiger partial charge in [0.1, 0.15) is 0 Å². The van der Waals surface area contributed by atoms with Crippen molar-refractivity contribution in [2.75, 3.05) is 69.2 Å². The van der Waals surface area contributed by atoms with Crippen LogP contribution in [0.3, 0.4) is 0 Å². The molecule has 1 aromatic carbocycles. The smallest absolute Gasteiger partial charge is 0.191 e. The summed E-state index contributed by atoms with van der Waals surface area (Å²) in [5.41, 5.74) is 1.32. The summed E-state index contributed by atoms with van der Waals surface area (Å²) in [7, 11) is 1.79. The van der Waals surface area contributed by atoms with Gasteiger partial charge in [0.25, 0.3) is 0 Å². The Kier molecular flexibility index (Phi) is 9.98. The lowest BCUT2D eigenvalue weighted by atomic mass is 10.2. The van der Waals surface area contributed by atoms with Crippen molar-refractivity contribution in [2.24, 2.45) is 4.99 Å². The molecule has 33 heavy (non-hydrogen) atoms. The molecule has 2 aliphatic rings. The number of piperazine rings is 1. The van der Waals surface area contributed by atoms with Gasteiger partial charge in [-0.2, -0.15) is 0 Å². The van der Waals surface area contributed by atoms with E-state index in [0.29, 0.717) is 5.82 Å². The van der Waals surface area contributed by atoms with Gasteiger partial charge < -0.3 is 20.4 Å². The fourth-order valence-corrected chi connectivity index (χ4v) is 4.45. The van der Waals surface area contributed by atoms with Gasteiger partial charge in [-0.1, -0.05) is 18.2 Å². The Bertz CT molecular complexity index is 874. The molecule has 1 aromatic heterocycles. The maximum absolute atomic E-state index is 14.0. The number of rotatable bonds is 7. The van der Waals surface area contributed by atoms with Crippen LogP contribution < -0.4 is 20.4 Å². The van der Waals surface area contributed by atoms with E-state index in [1.807, 2.05) is 4.90 Å². The summed E-state index contributed by atoms with van der Waals surface area (Å²) >= 11 is 0. The Morgan fingerprint density at radius 1 is 1.06 bits per heavy atom. The fraction of sp³-hybridized carbons (Fsp3) is 0.500. The van der Waals surface area contributed by atoms with Crippen LogP contribution in [0.2, 0.25) is 0 Å². The first-order valence-electron chi connectivity index (χ1n) is 11.6. The Balaban J connectivity index is 0.00000306. The van der Waals surface area contributed by atoms with Crippen LogP contribution in [-0.2, 0) is 0 Å². The standard InChI is InChI=1S/C24H34FN7.HI/c1-26-24(29-20-10-14-32(19-20)23-22(25)9-5-11-27-23)28-12-6-13-30-15-17-31(18-16-30)21-7-3-2-4-8-21;/h2-5,7-9,11,20H,6,10,12-19H2,1H3,(H2,26,28,29);1H. The molecular formula is C24H35FIN7. The molecule has 2 saturated heterocycles. The van der Waals surface area contributed by atoms with Crippen LogP contribution in [0.15, 0.2) is 53.7 Å². The number of hydrogen-bond donors (Lipinski definition) is 2. The summed E-state index contributed by atoms with van der Waals surface area (Å²) < 4.78 is 14.0. The Morgan fingerprint density at radius 3 is 2.58 bits per heavy atom. The second kappa shape index (κ2) is 12.9. The van der Waals surface area contributed by atoms with E-state index in [-0.39, 0.29) is 35.8 Å². The summed E-state index contributed by atoms with van der Waals surface area (Å²) in [6, 6.07) is 14.0. The van der Waals surface area contributed by atoms with E-state index in [1.165, 1.54) is 11.8 Å². The predicted octanol–water partition coefficient (Wildman–Crippen LogP) is 2.79. The van der Waals surface area contributed by atoms with Gasteiger partial charge in [-0.05, 0) is 43.7 Å². The molecule has 0 bridgehead atoms. The zero-order valence-corrected chi connectivity index (χ0v) is 21.6. The zero-order chi connectivity index (χ0) is 22.2. The summed E-state index contributed by atoms with van der Waals surface area (Å²) in [6.45, 7) is 7.84. The molecule has 9 heteroatoms. The van der Waals surface area contributed by atoms with Crippen LogP contribution in [0.25, 0.3) is 0 Å². The maximum atomic E-state index is 14.0. The Morgan fingerprint density at radius 2 is 1.85 bits per heavy atom. The number of aromatic nitrogens is 1. The molecule has 0 radical (unpaired) electrons. The average molecular weight is 567 g/mol. The topological polar surface area (TPSA) is 59.0 Å². The number of nitrogens with one attached hydrogen (secondary N) is 2. The first-order valence-corrected chi connectivity index (χ1v) is 11.6. The Hall–Kier alpha value is -2.14. The van der Waals surface area contributed by atoms with Gasteiger partial charge in [0.2, 0.25) is 0 Å². The van der Waals surface area contributed by atoms with E-state index >= 15 is 0 Å². The first kappa shape index (κ1) is 25.5. The van der Waals surface area contributed by atoms with Gasteiger partial charge in [0.05, 0.1) is 0 Å². The van der Waals surface area contributed by atoms with E-state index in [4.69, 9.17) is 0 Å². The molecule has 1 unspecified atom stereocenters. The molecule has 180 valence electrons. The SMILES string of the molecule is CN=C(NCCCN1CCN(c2ccccc2)CC1)NC1CCN(c2ncccc2F)C1.I. The lowest BCUT2D eigenvalue weighted by Crippen LogP contribution is -2.48. The number of hydrogen-bond acceptors (Lipinski definition) is 5. The lowest BCUT2D eigenvalue weighted by molar-refractivity contribution is 0.255. The molecule has 0 saturated carbocycles. The molecule has 7 nitrogen and oxygen atoms in total. The van der Waals surface area contributed by atoms with Crippen molar-refractivity contribution < 1.29 is 4.39 Å². The molecule has 2 N–H and O–H groups in total. The van der Waals surface area contributed by atoms with Crippen LogP contribution >= 0.6 is 24.0 Å². The number of pyridine rings is 1. The maximum Gasteiger partial charge on any atom is 0.191 e. The second-order valence-electron chi connectivity index (χ2n) is 8.40. The summed E-state index contributed by atoms with van der Waals surface area (Å²) in [6.07, 6.45) is 3.64. The van der Waals surface area contributed by atoms with Crippen molar-refractivity contribution in [3.05, 3.63) is 54.5 Å². The van der Waals surface area contributed by atoms with E-state index in [2.05, 4.69) is 60.7 Å². The number of aliphatic imine (C=N–C) groups is 1. The minimum absolute atomic E-state index is 0. The molecule has 2 aliphatic heterocycles. The number of nitrogens with zero attached hydrogens (tertiary/aromatic N) is 5. The van der Waals surface area contributed by atoms with Gasteiger partial charge in [-0.15, -0.1) is 24.0 Å². The lowest BCUT2D eigenvalue weighted by Gasteiger charge is -2.36. The normalized spacial score (nSPS) is 19.3. The van der Waals surface area contributed by atoms with Gasteiger partial charge in [0.15, 0.2) is 17.6 Å². The number of halogens is 2. The van der Waals surface area contributed by atoms with E-state index in [0.717, 1.165) is 71.2 Å². The van der Waals surface area contributed by atoms with Crippen molar-refractivity contribution in [3.63, 3.8) is 0 Å². The van der Waals surface area contributed by atoms with Crippen LogP contribution in [0.5, 0.6) is 0 Å². The summed E-state index contributed by atoms with van der Waals surface area (Å²) in [5, 5.41) is 6.90. The fourth-order valence-electron chi connectivity index (χ4n) is 4.45. The monoisotopic (exact) mass is 567 g/mol. The van der Waals surface area contributed by atoms with Crippen LogP contribution in [-0.4, -0.2) is 81.3 Å². The minimum atomic E-state index is -0.264. The average Bonchev–Trinajstić information content (AvgIpc) is 3.30. The zero-order valence-electron chi connectivity index (χ0n) is 19.3. The van der Waals surface area contributed by atoms with Gasteiger partial charge in [0, 0.05) is 70.8 Å². The second-order valence-corrected chi connectivity index (χ2v) is 8.40. The van der Waals surface area contributed by atoms with Gasteiger partial charge in [-0.25, -0.2) is 9.37 Å². The molecule has 4 rings (SSSR count). The third-order valence-corrected chi connectivity index (χ3v) is 6.23. The van der Waals surface area contributed by atoms with E-state index in [9.17, 15) is 4.39 Å². The highest BCUT2D eigenvalue weighted by molar-refractivity contribution is 14.0. The van der Waals surface area contributed by atoms with Crippen molar-refractivity contribution in [1.29, 1.82) is 0 Å². The Labute approximate surface area is 213 Å². The van der Waals surface area contributed by atoms with E-state index in [1.54, 1.807) is 19.3 Å². The van der Waals surface area contributed by atoms with Crippen LogP contribution in [0.1, 0.15) is 12.8 Å². The van der Waals surface area contributed by atoms with Crippen LogP contribution in [0.4, 0.5) is 15.9 Å². The number of benzene rings is 1. The third-order valence-electron chi connectivity index (χ3n) is 6.23. The van der Waals surface area contributed by atoms with Gasteiger partial charge >= 0.3 is 0 Å². The molecule has 0 amide bonds. The molecule has 2 fully saturated rings. The predicted molar refractivity (Wildman–Crippen MR) is 144 cm³/mol. The van der Waals surface area contributed by atoms with Crippen LogP contribution in [0, 0.1) is 5.82 Å². The quantitative estimate of drug-likeness (QED) is 0.233. The third kappa shape index (κ3) is 7.17. The van der Waals surface area contributed by atoms with Crippen molar-refractivity contribution in [1.82, 2.24) is 20.5 Å². The van der Waals surface area contributed by atoms with Crippen molar-refractivity contribution in [3.8, 4) is 0 Å². The highest BCUT2D eigenvalue weighted by atomic mass is 127. The minimum Gasteiger partial charge on any atom is -0.369 e. The molecular weight excluding hydrogens is 532 g/mol. The number of guanidine groups is 1. The summed E-state index contributed by atoms with van der Waals surface area (Å²) in [5.74, 6) is 0.986. The molecule has 3 heterocycles. The highest BCUT2D eigenvalue weighted by Crippen LogP contribution is 2.20. The number of para-hydroxylation sites is 1. The largest absolute Gasteiger partial charge is 0.369 e.